The van der Waals surface area contributed by atoms with Crippen LogP contribution in [0.25, 0.3) is 10.9 Å². The minimum absolute atomic E-state index is 0.569. The lowest BCUT2D eigenvalue weighted by Gasteiger charge is -2.16. The first-order valence-corrected chi connectivity index (χ1v) is 5.17. The Kier molecular flexibility index (Phi) is 2.67. The van der Waals surface area contributed by atoms with Crippen LogP contribution in [0.5, 0.6) is 0 Å². The molecule has 0 saturated carbocycles. The second kappa shape index (κ2) is 3.99. The molecule has 0 spiro atoms. The summed E-state index contributed by atoms with van der Waals surface area (Å²) in [5.41, 5.74) is 2.25. The summed E-state index contributed by atoms with van der Waals surface area (Å²) in [6.07, 6.45) is 1.58. The van der Waals surface area contributed by atoms with Gasteiger partial charge in [-0.1, -0.05) is 11.6 Å². The summed E-state index contributed by atoms with van der Waals surface area (Å²) < 4.78 is 0. The van der Waals surface area contributed by atoms with E-state index in [0.717, 1.165) is 16.6 Å². The molecule has 0 fully saturated rings. The van der Waals surface area contributed by atoms with E-state index in [4.69, 9.17) is 16.9 Å². The van der Waals surface area contributed by atoms with Gasteiger partial charge >= 0.3 is 0 Å². The Balaban J connectivity index is 2.85. The van der Waals surface area contributed by atoms with Crippen LogP contribution in [-0.4, -0.2) is 19.1 Å². The quantitative estimate of drug-likeness (QED) is 0.758. The highest BCUT2D eigenvalue weighted by Gasteiger charge is 2.10. The van der Waals surface area contributed by atoms with Gasteiger partial charge in [0.05, 0.1) is 16.8 Å². The summed E-state index contributed by atoms with van der Waals surface area (Å²) in [5, 5.41) is 10.6. The third-order valence-corrected chi connectivity index (χ3v) is 2.61. The molecule has 0 aliphatic carbocycles. The van der Waals surface area contributed by atoms with Gasteiger partial charge < -0.3 is 4.90 Å². The number of fused-ring (bicyclic) bond motifs is 1. The summed E-state index contributed by atoms with van der Waals surface area (Å²) in [5.74, 6) is 0. The standard InChI is InChI=1S/C12H10ClN3/c1-16(2)12-8(6-14)7-15-11-5-9(13)3-4-10(11)12/h3-5,7H,1-2H3. The first-order valence-electron chi connectivity index (χ1n) is 4.79. The van der Waals surface area contributed by atoms with Crippen LogP contribution >= 0.6 is 11.6 Å². The molecule has 1 aromatic carbocycles. The van der Waals surface area contributed by atoms with Crippen LogP contribution in [0.2, 0.25) is 5.02 Å². The molecule has 1 heterocycles. The molecule has 0 N–H and O–H groups in total. The van der Waals surface area contributed by atoms with E-state index in [1.807, 2.05) is 25.1 Å². The second-order valence-electron chi connectivity index (χ2n) is 3.69. The summed E-state index contributed by atoms with van der Waals surface area (Å²) in [6.45, 7) is 0. The van der Waals surface area contributed by atoms with E-state index in [0.29, 0.717) is 10.6 Å². The molecule has 0 atom stereocenters. The van der Waals surface area contributed by atoms with Crippen molar-refractivity contribution in [1.29, 1.82) is 5.26 Å². The van der Waals surface area contributed by atoms with Crippen molar-refractivity contribution in [3.05, 3.63) is 35.0 Å². The van der Waals surface area contributed by atoms with Crippen LogP contribution in [0.1, 0.15) is 5.56 Å². The maximum Gasteiger partial charge on any atom is 0.103 e. The number of hydrogen-bond donors (Lipinski definition) is 0. The van der Waals surface area contributed by atoms with Crippen molar-refractivity contribution >= 4 is 28.2 Å². The lowest BCUT2D eigenvalue weighted by atomic mass is 10.1. The van der Waals surface area contributed by atoms with Gasteiger partial charge in [-0.3, -0.25) is 4.98 Å². The highest BCUT2D eigenvalue weighted by Crippen LogP contribution is 2.29. The number of rotatable bonds is 1. The summed E-state index contributed by atoms with van der Waals surface area (Å²) in [6, 6.07) is 7.64. The van der Waals surface area contributed by atoms with Crippen LogP contribution in [0.15, 0.2) is 24.4 Å². The Bertz CT molecular complexity index is 585. The van der Waals surface area contributed by atoms with Crippen molar-refractivity contribution in [2.45, 2.75) is 0 Å². The van der Waals surface area contributed by atoms with Crippen LogP contribution in [-0.2, 0) is 0 Å². The smallest absolute Gasteiger partial charge is 0.103 e. The molecule has 1 aromatic heterocycles. The average molecular weight is 232 g/mol. The second-order valence-corrected chi connectivity index (χ2v) is 4.12. The summed E-state index contributed by atoms with van der Waals surface area (Å²) >= 11 is 5.91. The molecule has 80 valence electrons. The number of hydrogen-bond acceptors (Lipinski definition) is 3. The van der Waals surface area contributed by atoms with Gasteiger partial charge in [0.15, 0.2) is 0 Å². The molecule has 0 unspecified atom stereocenters. The summed E-state index contributed by atoms with van der Waals surface area (Å²) in [7, 11) is 3.81. The molecule has 0 bridgehead atoms. The minimum atomic E-state index is 0.569. The monoisotopic (exact) mass is 231 g/mol. The molecule has 0 aliphatic heterocycles. The van der Waals surface area contributed by atoms with Gasteiger partial charge in [-0.05, 0) is 18.2 Å². The van der Waals surface area contributed by atoms with Crippen molar-refractivity contribution < 1.29 is 0 Å². The van der Waals surface area contributed by atoms with Crippen molar-refractivity contribution in [2.75, 3.05) is 19.0 Å². The van der Waals surface area contributed by atoms with Gasteiger partial charge in [0.1, 0.15) is 6.07 Å². The van der Waals surface area contributed by atoms with E-state index < -0.39 is 0 Å². The maximum atomic E-state index is 9.04. The van der Waals surface area contributed by atoms with Crippen molar-refractivity contribution in [3.8, 4) is 6.07 Å². The predicted molar refractivity (Wildman–Crippen MR) is 65.8 cm³/mol. The largest absolute Gasteiger partial charge is 0.376 e. The summed E-state index contributed by atoms with van der Waals surface area (Å²) in [4.78, 5) is 6.14. The van der Waals surface area contributed by atoms with Gasteiger partial charge in [0, 0.05) is 30.7 Å². The van der Waals surface area contributed by atoms with E-state index in [1.165, 1.54) is 0 Å². The number of nitriles is 1. The van der Waals surface area contributed by atoms with E-state index >= 15 is 0 Å². The first kappa shape index (κ1) is 10.7. The van der Waals surface area contributed by atoms with Crippen LogP contribution < -0.4 is 4.90 Å². The zero-order valence-corrected chi connectivity index (χ0v) is 9.78. The van der Waals surface area contributed by atoms with E-state index in [2.05, 4.69) is 11.1 Å². The number of aromatic nitrogens is 1. The highest BCUT2D eigenvalue weighted by molar-refractivity contribution is 6.31. The van der Waals surface area contributed by atoms with Gasteiger partial charge in [-0.25, -0.2) is 0 Å². The van der Waals surface area contributed by atoms with Gasteiger partial charge in [-0.15, -0.1) is 0 Å². The number of pyridine rings is 1. The van der Waals surface area contributed by atoms with Gasteiger partial charge in [0.25, 0.3) is 0 Å². The molecular weight excluding hydrogens is 222 g/mol. The number of anilines is 1. The fraction of sp³-hybridized carbons (Fsp3) is 0.167. The van der Waals surface area contributed by atoms with E-state index in [9.17, 15) is 0 Å². The normalized spacial score (nSPS) is 10.1. The average Bonchev–Trinajstić information content (AvgIpc) is 2.26. The zero-order valence-electron chi connectivity index (χ0n) is 9.03. The highest BCUT2D eigenvalue weighted by atomic mass is 35.5. The first-order chi connectivity index (χ1) is 7.63. The van der Waals surface area contributed by atoms with E-state index in [1.54, 1.807) is 18.3 Å². The minimum Gasteiger partial charge on any atom is -0.376 e. The van der Waals surface area contributed by atoms with Gasteiger partial charge in [0.2, 0.25) is 0 Å². The Morgan fingerprint density at radius 2 is 2.12 bits per heavy atom. The Labute approximate surface area is 98.9 Å². The maximum absolute atomic E-state index is 9.04. The molecule has 0 amide bonds. The van der Waals surface area contributed by atoms with Crippen molar-refractivity contribution in [2.24, 2.45) is 0 Å². The SMILES string of the molecule is CN(C)c1c(C#N)cnc2cc(Cl)ccc12. The Morgan fingerprint density at radius 3 is 2.75 bits per heavy atom. The molecule has 0 aliphatic rings. The molecular formula is C12H10ClN3. The third kappa shape index (κ3) is 1.68. The molecule has 2 rings (SSSR count). The fourth-order valence-electron chi connectivity index (χ4n) is 1.72. The lowest BCUT2D eigenvalue weighted by Crippen LogP contribution is -2.11. The zero-order chi connectivity index (χ0) is 11.7. The van der Waals surface area contributed by atoms with Crippen LogP contribution in [0.3, 0.4) is 0 Å². The molecule has 3 nitrogen and oxygen atoms in total. The number of halogens is 1. The molecule has 4 heteroatoms. The molecule has 0 radical (unpaired) electrons. The molecule has 16 heavy (non-hydrogen) atoms. The Hall–Kier alpha value is -1.79. The molecule has 0 saturated heterocycles. The fourth-order valence-corrected chi connectivity index (χ4v) is 1.88. The lowest BCUT2D eigenvalue weighted by molar-refractivity contribution is 1.13. The number of benzene rings is 1. The van der Waals surface area contributed by atoms with Gasteiger partial charge in [-0.2, -0.15) is 5.26 Å². The van der Waals surface area contributed by atoms with Crippen molar-refractivity contribution in [1.82, 2.24) is 4.98 Å². The Morgan fingerprint density at radius 1 is 1.38 bits per heavy atom. The van der Waals surface area contributed by atoms with Crippen molar-refractivity contribution in [3.63, 3.8) is 0 Å². The molecule has 2 aromatic rings. The van der Waals surface area contributed by atoms with Crippen LogP contribution in [0.4, 0.5) is 5.69 Å². The predicted octanol–water partition coefficient (Wildman–Crippen LogP) is 2.83. The topological polar surface area (TPSA) is 39.9 Å². The van der Waals surface area contributed by atoms with E-state index in [-0.39, 0.29) is 0 Å². The number of nitrogens with zero attached hydrogens (tertiary/aromatic N) is 3. The third-order valence-electron chi connectivity index (χ3n) is 2.37. The van der Waals surface area contributed by atoms with Crippen LogP contribution in [0, 0.1) is 11.3 Å².